The Balaban J connectivity index is 1.31. The first kappa shape index (κ1) is 17.2. The molecule has 4 rings (SSSR count). The average molecular weight is 364 g/mol. The molecule has 0 spiro atoms. The Labute approximate surface area is 157 Å². The van der Waals surface area contributed by atoms with Gasteiger partial charge in [-0.2, -0.15) is 0 Å². The zero-order valence-corrected chi connectivity index (χ0v) is 15.1. The first-order valence-electron chi connectivity index (χ1n) is 8.82. The van der Waals surface area contributed by atoms with Crippen LogP contribution in [-0.4, -0.2) is 19.9 Å². The number of carbonyl (C=O) groups excluding carboxylic acids is 1. The fourth-order valence-corrected chi connectivity index (χ4v) is 3.07. The van der Waals surface area contributed by atoms with Gasteiger partial charge >= 0.3 is 5.97 Å². The van der Waals surface area contributed by atoms with Gasteiger partial charge in [0.25, 0.3) is 0 Å². The quantitative estimate of drug-likeness (QED) is 0.612. The number of carbonyl (C=O) groups is 1. The molecular weight excluding hydrogens is 344 g/mol. The van der Waals surface area contributed by atoms with Crippen LogP contribution in [0, 0.1) is 0 Å². The van der Waals surface area contributed by atoms with Crippen LogP contribution in [0.1, 0.15) is 17.5 Å². The molecule has 0 fully saturated rings. The number of esters is 1. The van der Waals surface area contributed by atoms with Gasteiger partial charge in [-0.15, -0.1) is 0 Å². The Hall–Kier alpha value is -3.21. The molecule has 1 aliphatic heterocycles. The predicted octanol–water partition coefficient (Wildman–Crippen LogP) is 4.25. The molecule has 0 unspecified atom stereocenters. The largest absolute Gasteiger partial charge is 0.497 e. The highest BCUT2D eigenvalue weighted by Crippen LogP contribution is 2.32. The van der Waals surface area contributed by atoms with Crippen LogP contribution in [0.15, 0.2) is 54.6 Å². The average Bonchev–Trinajstić information content (AvgIpc) is 3.18. The summed E-state index contributed by atoms with van der Waals surface area (Å²) in [7, 11) is 1.65. The van der Waals surface area contributed by atoms with Crippen molar-refractivity contribution in [3.05, 3.63) is 65.7 Å². The van der Waals surface area contributed by atoms with E-state index < -0.39 is 0 Å². The number of hydrogen-bond donors (Lipinski definition) is 0. The van der Waals surface area contributed by atoms with Gasteiger partial charge in [0, 0.05) is 6.42 Å². The van der Waals surface area contributed by atoms with Crippen molar-refractivity contribution in [3.63, 3.8) is 0 Å². The second kappa shape index (κ2) is 7.58. The third-order valence-corrected chi connectivity index (χ3v) is 4.57. The van der Waals surface area contributed by atoms with Crippen molar-refractivity contribution in [2.24, 2.45) is 0 Å². The van der Waals surface area contributed by atoms with E-state index in [0.29, 0.717) is 12.8 Å². The van der Waals surface area contributed by atoms with Crippen molar-refractivity contribution in [2.45, 2.75) is 19.4 Å². The van der Waals surface area contributed by atoms with E-state index in [-0.39, 0.29) is 19.4 Å². The van der Waals surface area contributed by atoms with Crippen molar-refractivity contribution < 1.29 is 23.7 Å². The molecule has 27 heavy (non-hydrogen) atoms. The van der Waals surface area contributed by atoms with E-state index in [1.165, 1.54) is 0 Å². The second-order valence-electron chi connectivity index (χ2n) is 6.40. The maximum absolute atomic E-state index is 12.1. The van der Waals surface area contributed by atoms with Gasteiger partial charge in [0.2, 0.25) is 6.79 Å². The molecule has 0 saturated carbocycles. The molecule has 0 atom stereocenters. The van der Waals surface area contributed by atoms with E-state index in [1.54, 1.807) is 7.11 Å². The van der Waals surface area contributed by atoms with Crippen molar-refractivity contribution in [2.75, 3.05) is 13.9 Å². The van der Waals surface area contributed by atoms with Crippen molar-refractivity contribution >= 4 is 16.7 Å². The first-order valence-corrected chi connectivity index (χ1v) is 8.82. The van der Waals surface area contributed by atoms with Crippen LogP contribution < -0.4 is 14.2 Å². The summed E-state index contributed by atoms with van der Waals surface area (Å²) in [6, 6.07) is 17.6. The number of aryl methyl sites for hydroxylation is 1. The lowest BCUT2D eigenvalue weighted by Crippen LogP contribution is -2.06. The second-order valence-corrected chi connectivity index (χ2v) is 6.40. The van der Waals surface area contributed by atoms with Crippen LogP contribution in [0.2, 0.25) is 0 Å². The molecule has 0 radical (unpaired) electrons. The van der Waals surface area contributed by atoms with Crippen LogP contribution in [0.4, 0.5) is 0 Å². The van der Waals surface area contributed by atoms with E-state index in [1.807, 2.05) is 54.6 Å². The summed E-state index contributed by atoms with van der Waals surface area (Å²) in [5.74, 6) is 2.08. The van der Waals surface area contributed by atoms with Gasteiger partial charge in [0.1, 0.15) is 12.4 Å². The number of fused-ring (bicyclic) bond motifs is 2. The molecule has 1 heterocycles. The third-order valence-electron chi connectivity index (χ3n) is 4.57. The van der Waals surface area contributed by atoms with Gasteiger partial charge in [-0.05, 0) is 58.7 Å². The molecule has 0 saturated heterocycles. The van der Waals surface area contributed by atoms with Gasteiger partial charge < -0.3 is 18.9 Å². The zero-order chi connectivity index (χ0) is 18.6. The van der Waals surface area contributed by atoms with E-state index in [2.05, 4.69) is 0 Å². The summed E-state index contributed by atoms with van der Waals surface area (Å²) in [6.45, 7) is 0.515. The summed E-state index contributed by atoms with van der Waals surface area (Å²) in [5.41, 5.74) is 1.99. The van der Waals surface area contributed by atoms with Crippen molar-refractivity contribution in [3.8, 4) is 17.2 Å². The van der Waals surface area contributed by atoms with Gasteiger partial charge in [0.15, 0.2) is 11.5 Å². The van der Waals surface area contributed by atoms with Crippen molar-refractivity contribution in [1.82, 2.24) is 0 Å². The summed E-state index contributed by atoms with van der Waals surface area (Å²) in [5, 5.41) is 2.18. The predicted molar refractivity (Wildman–Crippen MR) is 101 cm³/mol. The Morgan fingerprint density at radius 2 is 1.70 bits per heavy atom. The highest BCUT2D eigenvalue weighted by atomic mass is 16.7. The van der Waals surface area contributed by atoms with Crippen LogP contribution in [0.25, 0.3) is 10.8 Å². The zero-order valence-electron chi connectivity index (χ0n) is 15.1. The highest BCUT2D eigenvalue weighted by Gasteiger charge is 2.14. The van der Waals surface area contributed by atoms with Crippen LogP contribution >= 0.6 is 0 Å². The lowest BCUT2D eigenvalue weighted by atomic mass is 10.1. The molecule has 3 aromatic carbocycles. The maximum atomic E-state index is 12.1. The minimum atomic E-state index is -0.220. The molecule has 5 heteroatoms. The number of ether oxygens (including phenoxy) is 4. The van der Waals surface area contributed by atoms with Gasteiger partial charge in [0.05, 0.1) is 7.11 Å². The molecule has 0 amide bonds. The minimum Gasteiger partial charge on any atom is -0.497 e. The molecule has 1 aliphatic rings. The fourth-order valence-electron chi connectivity index (χ4n) is 3.07. The lowest BCUT2D eigenvalue weighted by molar-refractivity contribution is -0.144. The molecule has 138 valence electrons. The smallest absolute Gasteiger partial charge is 0.306 e. The lowest BCUT2D eigenvalue weighted by Gasteiger charge is -2.08. The standard InChI is InChI=1S/C22H20O5/c1-24-19-7-6-17-10-16(2-5-18(17)12-19)13-25-22(23)9-4-15-3-8-20-21(11-15)27-14-26-20/h2-3,5-8,10-12H,4,9,13-14H2,1H3. The molecule has 0 N–H and O–H groups in total. The third kappa shape index (κ3) is 3.97. The molecule has 0 aromatic heterocycles. The number of benzene rings is 3. The SMILES string of the molecule is COc1ccc2cc(COC(=O)CCc3ccc4c(c3)OCO4)ccc2c1. The fraction of sp³-hybridized carbons (Fsp3) is 0.227. The summed E-state index contributed by atoms with van der Waals surface area (Å²) in [6.07, 6.45) is 0.928. The Morgan fingerprint density at radius 3 is 2.59 bits per heavy atom. The Morgan fingerprint density at radius 1 is 0.926 bits per heavy atom. The Bertz CT molecular complexity index is 980. The van der Waals surface area contributed by atoms with Crippen molar-refractivity contribution in [1.29, 1.82) is 0 Å². The van der Waals surface area contributed by atoms with E-state index in [4.69, 9.17) is 18.9 Å². The summed E-state index contributed by atoms with van der Waals surface area (Å²) >= 11 is 0. The van der Waals surface area contributed by atoms with Crippen LogP contribution in [0.5, 0.6) is 17.2 Å². The number of hydrogen-bond acceptors (Lipinski definition) is 5. The Kier molecular flexibility index (Phi) is 4.83. The molecule has 0 aliphatic carbocycles. The normalized spacial score (nSPS) is 12.2. The van der Waals surface area contributed by atoms with Crippen LogP contribution in [-0.2, 0) is 22.6 Å². The summed E-state index contributed by atoms with van der Waals surface area (Å²) < 4.78 is 21.3. The molecule has 3 aromatic rings. The molecule has 5 nitrogen and oxygen atoms in total. The van der Waals surface area contributed by atoms with E-state index in [0.717, 1.165) is 39.1 Å². The van der Waals surface area contributed by atoms with Gasteiger partial charge in [-0.25, -0.2) is 0 Å². The monoisotopic (exact) mass is 364 g/mol. The maximum Gasteiger partial charge on any atom is 0.306 e. The number of rotatable bonds is 6. The van der Waals surface area contributed by atoms with Gasteiger partial charge in [-0.3, -0.25) is 4.79 Å². The molecular formula is C22H20O5. The molecule has 0 bridgehead atoms. The topological polar surface area (TPSA) is 54.0 Å². The van der Waals surface area contributed by atoms with E-state index >= 15 is 0 Å². The number of methoxy groups -OCH3 is 1. The minimum absolute atomic E-state index is 0.220. The summed E-state index contributed by atoms with van der Waals surface area (Å²) in [4.78, 5) is 12.1. The van der Waals surface area contributed by atoms with Crippen LogP contribution in [0.3, 0.4) is 0 Å². The first-order chi connectivity index (χ1) is 13.2. The van der Waals surface area contributed by atoms with E-state index in [9.17, 15) is 4.79 Å². The highest BCUT2D eigenvalue weighted by molar-refractivity contribution is 5.84. The van der Waals surface area contributed by atoms with Gasteiger partial charge in [-0.1, -0.05) is 24.3 Å².